The first-order valence-electron chi connectivity index (χ1n) is 9.06. The molecule has 2 aromatic carbocycles. The minimum Gasteiger partial charge on any atom is -0.492 e. The second-order valence-electron chi connectivity index (χ2n) is 5.90. The van der Waals surface area contributed by atoms with Crippen molar-refractivity contribution in [3.05, 3.63) is 60.2 Å². The smallest absolute Gasteiger partial charge is 0.306 e. The average molecular weight is 384 g/mol. The van der Waals surface area contributed by atoms with E-state index in [-0.39, 0.29) is 18.7 Å². The van der Waals surface area contributed by atoms with E-state index >= 15 is 0 Å². The van der Waals surface area contributed by atoms with Crippen LogP contribution in [0, 0.1) is 0 Å². The molecule has 0 spiro atoms. The van der Waals surface area contributed by atoms with Gasteiger partial charge in [-0.25, -0.2) is 0 Å². The van der Waals surface area contributed by atoms with E-state index in [0.29, 0.717) is 24.6 Å². The number of hydrogen-bond acceptors (Lipinski definition) is 5. The molecule has 0 unspecified atom stereocenters. The molecule has 148 valence electrons. The quantitative estimate of drug-likeness (QED) is 0.614. The molecule has 0 aromatic heterocycles. The molecule has 2 rings (SSSR count). The van der Waals surface area contributed by atoms with Gasteiger partial charge in [-0.2, -0.15) is 0 Å². The summed E-state index contributed by atoms with van der Waals surface area (Å²) >= 11 is 0. The summed E-state index contributed by atoms with van der Waals surface area (Å²) in [5, 5.41) is 5.36. The van der Waals surface area contributed by atoms with Gasteiger partial charge in [0.15, 0.2) is 6.61 Å². The number of carbonyl (C=O) groups excluding carboxylic acids is 3. The maximum atomic E-state index is 11.9. The van der Waals surface area contributed by atoms with Crippen LogP contribution < -0.4 is 15.4 Å². The van der Waals surface area contributed by atoms with Gasteiger partial charge in [0.2, 0.25) is 5.91 Å². The summed E-state index contributed by atoms with van der Waals surface area (Å²) in [5.74, 6) is -0.798. The lowest BCUT2D eigenvalue weighted by atomic mass is 10.2. The Bertz CT molecular complexity index is 792. The Hall–Kier alpha value is -3.35. The van der Waals surface area contributed by atoms with Crippen LogP contribution in [0.25, 0.3) is 0 Å². The largest absolute Gasteiger partial charge is 0.492 e. The zero-order valence-electron chi connectivity index (χ0n) is 15.8. The summed E-state index contributed by atoms with van der Waals surface area (Å²) in [6, 6.07) is 16.5. The zero-order valence-corrected chi connectivity index (χ0v) is 15.8. The first-order chi connectivity index (χ1) is 13.6. The molecule has 2 aromatic rings. The van der Waals surface area contributed by atoms with Gasteiger partial charge in [-0.05, 0) is 24.6 Å². The molecular weight excluding hydrogens is 360 g/mol. The number of ether oxygens (including phenoxy) is 2. The summed E-state index contributed by atoms with van der Waals surface area (Å²) in [6.45, 7) is 2.28. The molecule has 0 aliphatic rings. The van der Waals surface area contributed by atoms with E-state index in [1.54, 1.807) is 24.3 Å². The maximum absolute atomic E-state index is 11.9. The maximum Gasteiger partial charge on any atom is 0.306 e. The Morgan fingerprint density at radius 3 is 2.36 bits per heavy atom. The van der Waals surface area contributed by atoms with Gasteiger partial charge < -0.3 is 20.1 Å². The van der Waals surface area contributed by atoms with E-state index in [1.165, 1.54) is 0 Å². The minimum absolute atomic E-state index is 0.000456. The van der Waals surface area contributed by atoms with Crippen molar-refractivity contribution in [3.63, 3.8) is 0 Å². The van der Waals surface area contributed by atoms with Crippen LogP contribution in [0.1, 0.15) is 25.3 Å². The molecule has 0 aliphatic heterocycles. The molecule has 0 radical (unpaired) electrons. The third-order valence-corrected chi connectivity index (χ3v) is 3.71. The van der Waals surface area contributed by atoms with E-state index in [2.05, 4.69) is 10.6 Å². The molecule has 0 saturated carbocycles. The second-order valence-corrected chi connectivity index (χ2v) is 5.90. The van der Waals surface area contributed by atoms with Crippen molar-refractivity contribution in [3.8, 4) is 5.75 Å². The van der Waals surface area contributed by atoms with Crippen molar-refractivity contribution in [1.29, 1.82) is 0 Å². The van der Waals surface area contributed by atoms with Crippen LogP contribution in [0.5, 0.6) is 5.75 Å². The molecule has 0 saturated heterocycles. The van der Waals surface area contributed by atoms with E-state index in [0.717, 1.165) is 5.56 Å². The first kappa shape index (κ1) is 21.0. The van der Waals surface area contributed by atoms with Crippen LogP contribution in [0.15, 0.2) is 54.6 Å². The van der Waals surface area contributed by atoms with Crippen LogP contribution in [0.3, 0.4) is 0 Å². The van der Waals surface area contributed by atoms with Crippen molar-refractivity contribution in [2.24, 2.45) is 0 Å². The Labute approximate surface area is 164 Å². The highest BCUT2D eigenvalue weighted by Crippen LogP contribution is 2.23. The van der Waals surface area contributed by atoms with Crippen LogP contribution in [-0.2, 0) is 25.7 Å². The molecule has 7 nitrogen and oxygen atoms in total. The Kier molecular flexibility index (Phi) is 8.52. The molecule has 0 aliphatic carbocycles. The van der Waals surface area contributed by atoms with Crippen molar-refractivity contribution in [2.75, 3.05) is 18.5 Å². The van der Waals surface area contributed by atoms with Gasteiger partial charge in [0.1, 0.15) is 5.75 Å². The van der Waals surface area contributed by atoms with Gasteiger partial charge in [-0.1, -0.05) is 42.5 Å². The molecule has 28 heavy (non-hydrogen) atoms. The monoisotopic (exact) mass is 384 g/mol. The number of hydrogen-bond donors (Lipinski definition) is 2. The number of esters is 1. The number of benzene rings is 2. The lowest BCUT2D eigenvalue weighted by molar-refractivity contribution is -0.148. The van der Waals surface area contributed by atoms with Crippen molar-refractivity contribution < 1.29 is 23.9 Å². The number of rotatable bonds is 10. The molecule has 2 amide bonds. The fourth-order valence-electron chi connectivity index (χ4n) is 2.36. The summed E-state index contributed by atoms with van der Waals surface area (Å²) in [6.07, 6.45) is -0.0934. The van der Waals surface area contributed by atoms with Gasteiger partial charge >= 0.3 is 5.97 Å². The second kappa shape index (κ2) is 11.4. The fraction of sp³-hybridized carbons (Fsp3) is 0.286. The summed E-state index contributed by atoms with van der Waals surface area (Å²) in [5.41, 5.74) is 1.48. The lowest BCUT2D eigenvalue weighted by Gasteiger charge is -2.11. The van der Waals surface area contributed by atoms with Crippen LogP contribution in [0.2, 0.25) is 0 Å². The van der Waals surface area contributed by atoms with Gasteiger partial charge in [-0.3, -0.25) is 14.4 Å². The number of anilines is 1. The molecule has 0 bridgehead atoms. The number of carbonyl (C=O) groups is 3. The van der Waals surface area contributed by atoms with Gasteiger partial charge in [-0.15, -0.1) is 0 Å². The standard InChI is InChI=1S/C21H24N2O5/c1-2-27-18-11-7-6-10-17(18)23-20(25)15-28-21(26)13-12-19(24)22-14-16-8-4-3-5-9-16/h3-11H,2,12-15H2,1H3,(H,22,24)(H,23,25). The molecule has 0 heterocycles. The molecule has 0 atom stereocenters. The minimum atomic E-state index is -0.608. The highest BCUT2D eigenvalue weighted by Gasteiger charge is 2.12. The zero-order chi connectivity index (χ0) is 20.2. The summed E-state index contributed by atoms with van der Waals surface area (Å²) in [4.78, 5) is 35.5. The summed E-state index contributed by atoms with van der Waals surface area (Å²) in [7, 11) is 0. The van der Waals surface area contributed by atoms with Gasteiger partial charge in [0.05, 0.1) is 18.7 Å². The van der Waals surface area contributed by atoms with E-state index in [4.69, 9.17) is 9.47 Å². The highest BCUT2D eigenvalue weighted by molar-refractivity contribution is 5.94. The van der Waals surface area contributed by atoms with Crippen LogP contribution in [0.4, 0.5) is 5.69 Å². The Morgan fingerprint density at radius 2 is 1.61 bits per heavy atom. The topological polar surface area (TPSA) is 93.7 Å². The lowest BCUT2D eigenvalue weighted by Crippen LogP contribution is -2.25. The molecule has 0 fully saturated rings. The van der Waals surface area contributed by atoms with Gasteiger partial charge in [0.25, 0.3) is 5.91 Å². The van der Waals surface area contributed by atoms with E-state index < -0.39 is 18.5 Å². The van der Waals surface area contributed by atoms with Crippen LogP contribution >= 0.6 is 0 Å². The van der Waals surface area contributed by atoms with Gasteiger partial charge in [0, 0.05) is 13.0 Å². The normalized spacial score (nSPS) is 10.0. The molecular formula is C21H24N2O5. The number of para-hydroxylation sites is 2. The fourth-order valence-corrected chi connectivity index (χ4v) is 2.36. The van der Waals surface area contributed by atoms with E-state index in [1.807, 2.05) is 37.3 Å². The molecule has 2 N–H and O–H groups in total. The third kappa shape index (κ3) is 7.49. The number of nitrogens with one attached hydrogen (secondary N) is 2. The van der Waals surface area contributed by atoms with Crippen LogP contribution in [-0.4, -0.2) is 31.0 Å². The number of amides is 2. The van der Waals surface area contributed by atoms with Crippen molar-refractivity contribution >= 4 is 23.5 Å². The predicted octanol–water partition coefficient (Wildman–Crippen LogP) is 2.66. The van der Waals surface area contributed by atoms with Crippen molar-refractivity contribution in [1.82, 2.24) is 5.32 Å². The van der Waals surface area contributed by atoms with Crippen molar-refractivity contribution in [2.45, 2.75) is 26.3 Å². The highest BCUT2D eigenvalue weighted by atomic mass is 16.5. The summed E-state index contributed by atoms with van der Waals surface area (Å²) < 4.78 is 10.3. The average Bonchev–Trinajstić information content (AvgIpc) is 2.71. The first-order valence-corrected chi connectivity index (χ1v) is 9.06. The predicted molar refractivity (Wildman–Crippen MR) is 105 cm³/mol. The third-order valence-electron chi connectivity index (χ3n) is 3.71. The SMILES string of the molecule is CCOc1ccccc1NC(=O)COC(=O)CCC(=O)NCc1ccccc1. The molecule has 7 heteroatoms. The Balaban J connectivity index is 1.66. The van der Waals surface area contributed by atoms with E-state index in [9.17, 15) is 14.4 Å². The Morgan fingerprint density at radius 1 is 0.893 bits per heavy atom.